The lowest BCUT2D eigenvalue weighted by atomic mass is 10.1. The fourth-order valence-electron chi connectivity index (χ4n) is 3.16. The number of amides is 1. The minimum absolute atomic E-state index is 0.0625. The summed E-state index contributed by atoms with van der Waals surface area (Å²) >= 11 is 1.57. The van der Waals surface area contributed by atoms with Crippen molar-refractivity contribution in [1.82, 2.24) is 19.9 Å². The van der Waals surface area contributed by atoms with Crippen LogP contribution in [-0.2, 0) is 23.2 Å². The maximum Gasteiger partial charge on any atom is 0.246 e. The number of ether oxygens (including phenoxy) is 2. The average molecular weight is 423 g/mol. The molecule has 0 aliphatic rings. The van der Waals surface area contributed by atoms with Crippen molar-refractivity contribution in [1.29, 1.82) is 0 Å². The number of hydrogen-bond acceptors (Lipinski definition) is 6. The van der Waals surface area contributed by atoms with Crippen LogP contribution in [0.2, 0.25) is 0 Å². The number of benzene rings is 2. The van der Waals surface area contributed by atoms with E-state index in [1.807, 2.05) is 66.3 Å². The van der Waals surface area contributed by atoms with Gasteiger partial charge in [0, 0.05) is 19.4 Å². The fourth-order valence-corrected chi connectivity index (χ4v) is 4.07. The quantitative estimate of drug-likeness (QED) is 0.471. The highest BCUT2D eigenvalue weighted by atomic mass is 32.1. The number of para-hydroxylation sites is 1. The molecular weight excluding hydrogens is 400 g/mol. The zero-order chi connectivity index (χ0) is 20.9. The van der Waals surface area contributed by atoms with E-state index in [1.165, 1.54) is 0 Å². The minimum Gasteiger partial charge on any atom is -0.497 e. The molecule has 0 radical (unpaired) electrons. The minimum atomic E-state index is -0.394. The molecule has 154 valence electrons. The van der Waals surface area contributed by atoms with E-state index < -0.39 is 6.04 Å². The third-order valence-electron chi connectivity index (χ3n) is 4.67. The van der Waals surface area contributed by atoms with Crippen LogP contribution in [0.25, 0.3) is 10.2 Å². The second kappa shape index (κ2) is 9.06. The molecule has 4 rings (SSSR count). The van der Waals surface area contributed by atoms with Gasteiger partial charge in [-0.2, -0.15) is 0 Å². The summed E-state index contributed by atoms with van der Waals surface area (Å²) in [5.74, 6) is 1.27. The Bertz CT molecular complexity index is 1100. The molecule has 1 amide bonds. The van der Waals surface area contributed by atoms with Gasteiger partial charge in [0.2, 0.25) is 5.91 Å². The number of carbonyl (C=O) groups is 1. The first-order valence-corrected chi connectivity index (χ1v) is 10.3. The first kappa shape index (κ1) is 20.1. The van der Waals surface area contributed by atoms with Crippen LogP contribution in [0.3, 0.4) is 0 Å². The van der Waals surface area contributed by atoms with E-state index >= 15 is 0 Å². The number of methoxy groups -OCH3 is 1. The van der Waals surface area contributed by atoms with Gasteiger partial charge in [0.25, 0.3) is 0 Å². The van der Waals surface area contributed by atoms with Crippen molar-refractivity contribution in [2.24, 2.45) is 7.05 Å². The van der Waals surface area contributed by atoms with Crippen molar-refractivity contribution < 1.29 is 14.3 Å². The van der Waals surface area contributed by atoms with Crippen molar-refractivity contribution >= 4 is 27.5 Å². The van der Waals surface area contributed by atoms with E-state index in [2.05, 4.69) is 15.3 Å². The Hall–Kier alpha value is -3.23. The highest BCUT2D eigenvalue weighted by molar-refractivity contribution is 7.18. The Morgan fingerprint density at radius 3 is 2.70 bits per heavy atom. The molecule has 2 aromatic heterocycles. The van der Waals surface area contributed by atoms with Crippen LogP contribution in [0, 0.1) is 0 Å². The summed E-state index contributed by atoms with van der Waals surface area (Å²) in [5.41, 5.74) is 1.85. The summed E-state index contributed by atoms with van der Waals surface area (Å²) < 4.78 is 13.8. The van der Waals surface area contributed by atoms with Crippen LogP contribution >= 0.6 is 11.3 Å². The molecule has 0 aliphatic heterocycles. The fraction of sp³-hybridized carbons (Fsp3) is 0.227. The highest BCUT2D eigenvalue weighted by Crippen LogP contribution is 2.24. The number of fused-ring (bicyclic) bond motifs is 1. The van der Waals surface area contributed by atoms with Crippen molar-refractivity contribution in [3.8, 4) is 5.75 Å². The third kappa shape index (κ3) is 4.50. The van der Waals surface area contributed by atoms with Gasteiger partial charge >= 0.3 is 0 Å². The molecule has 2 aromatic carbocycles. The summed E-state index contributed by atoms with van der Waals surface area (Å²) in [5, 5.41) is 3.87. The number of aromatic nitrogens is 3. The number of carbonyl (C=O) groups excluding carboxylic acids is 1. The molecule has 2 heterocycles. The Kier molecular flexibility index (Phi) is 6.06. The number of imidazole rings is 1. The summed E-state index contributed by atoms with van der Waals surface area (Å²) in [6.45, 7) is 0.232. The standard InChI is InChI=1S/C22H22N4O3S/c1-26-12-11-23-22(26)21(15-7-9-16(28-2)10-8-15)25-19(27)13-29-14-20-24-17-5-3-4-6-18(17)30-20/h3-12,21H,13-14H2,1-2H3,(H,25,27)/t21-/m0/s1. The molecule has 0 saturated heterocycles. The molecule has 0 saturated carbocycles. The van der Waals surface area contributed by atoms with Gasteiger partial charge in [-0.3, -0.25) is 4.79 Å². The molecule has 0 spiro atoms. The van der Waals surface area contributed by atoms with Crippen molar-refractivity contribution in [3.63, 3.8) is 0 Å². The largest absolute Gasteiger partial charge is 0.497 e. The van der Waals surface area contributed by atoms with Gasteiger partial charge in [-0.05, 0) is 29.8 Å². The van der Waals surface area contributed by atoms with Gasteiger partial charge in [0.1, 0.15) is 29.2 Å². The number of rotatable bonds is 8. The van der Waals surface area contributed by atoms with Crippen LogP contribution in [-0.4, -0.2) is 34.2 Å². The molecule has 30 heavy (non-hydrogen) atoms. The first-order valence-electron chi connectivity index (χ1n) is 9.47. The lowest BCUT2D eigenvalue weighted by Crippen LogP contribution is -2.33. The van der Waals surface area contributed by atoms with Crippen molar-refractivity contribution in [2.45, 2.75) is 12.6 Å². The molecule has 7 nitrogen and oxygen atoms in total. The second-order valence-electron chi connectivity index (χ2n) is 6.74. The molecule has 0 bridgehead atoms. The molecule has 8 heteroatoms. The molecule has 0 fully saturated rings. The van der Waals surface area contributed by atoms with Gasteiger partial charge in [-0.25, -0.2) is 9.97 Å². The van der Waals surface area contributed by atoms with Gasteiger partial charge in [-0.1, -0.05) is 24.3 Å². The maximum absolute atomic E-state index is 12.6. The number of nitrogens with one attached hydrogen (secondary N) is 1. The lowest BCUT2D eigenvalue weighted by Gasteiger charge is -2.19. The number of thiazole rings is 1. The molecule has 0 unspecified atom stereocenters. The highest BCUT2D eigenvalue weighted by Gasteiger charge is 2.21. The Balaban J connectivity index is 1.41. The molecule has 0 aliphatic carbocycles. The second-order valence-corrected chi connectivity index (χ2v) is 7.85. The summed E-state index contributed by atoms with van der Waals surface area (Å²) in [6, 6.07) is 15.1. The summed E-state index contributed by atoms with van der Waals surface area (Å²) in [6.07, 6.45) is 3.56. The van der Waals surface area contributed by atoms with Crippen molar-refractivity contribution in [3.05, 3.63) is 77.3 Å². The maximum atomic E-state index is 12.6. The van der Waals surface area contributed by atoms with E-state index in [1.54, 1.807) is 24.6 Å². The summed E-state index contributed by atoms with van der Waals surface area (Å²) in [4.78, 5) is 21.5. The van der Waals surface area contributed by atoms with E-state index in [-0.39, 0.29) is 12.5 Å². The molecule has 1 atom stereocenters. The van der Waals surface area contributed by atoms with E-state index in [0.717, 1.165) is 32.4 Å². The molecule has 1 N–H and O–H groups in total. The van der Waals surface area contributed by atoms with Crippen LogP contribution < -0.4 is 10.1 Å². The monoisotopic (exact) mass is 422 g/mol. The predicted molar refractivity (Wildman–Crippen MR) is 115 cm³/mol. The SMILES string of the molecule is COc1ccc([C@H](NC(=O)COCc2nc3ccccc3s2)c2nccn2C)cc1. The van der Waals surface area contributed by atoms with Gasteiger partial charge in [0.15, 0.2) is 0 Å². The summed E-state index contributed by atoms with van der Waals surface area (Å²) in [7, 11) is 3.52. The Morgan fingerprint density at radius 1 is 1.20 bits per heavy atom. The molecular formula is C22H22N4O3S. The van der Waals surface area contributed by atoms with Crippen molar-refractivity contribution in [2.75, 3.05) is 13.7 Å². The topological polar surface area (TPSA) is 78.3 Å². The lowest BCUT2D eigenvalue weighted by molar-refractivity contribution is -0.126. The van der Waals surface area contributed by atoms with Gasteiger partial charge < -0.3 is 19.4 Å². The molecule has 4 aromatic rings. The average Bonchev–Trinajstić information content (AvgIpc) is 3.37. The normalized spacial score (nSPS) is 12.1. The first-order chi connectivity index (χ1) is 14.6. The van der Waals surface area contributed by atoms with E-state index in [0.29, 0.717) is 6.61 Å². The zero-order valence-electron chi connectivity index (χ0n) is 16.7. The van der Waals surface area contributed by atoms with E-state index in [4.69, 9.17) is 9.47 Å². The predicted octanol–water partition coefficient (Wildman–Crippen LogP) is 3.46. The number of nitrogens with zero attached hydrogens (tertiary/aromatic N) is 3. The van der Waals surface area contributed by atoms with Crippen LogP contribution in [0.4, 0.5) is 0 Å². The Labute approximate surface area is 178 Å². The number of aryl methyl sites for hydroxylation is 1. The zero-order valence-corrected chi connectivity index (χ0v) is 17.6. The van der Waals surface area contributed by atoms with Crippen LogP contribution in [0.15, 0.2) is 60.9 Å². The Morgan fingerprint density at radius 2 is 2.00 bits per heavy atom. The van der Waals surface area contributed by atoms with Crippen LogP contribution in [0.1, 0.15) is 22.4 Å². The smallest absolute Gasteiger partial charge is 0.246 e. The van der Waals surface area contributed by atoms with Crippen LogP contribution in [0.5, 0.6) is 5.75 Å². The van der Waals surface area contributed by atoms with E-state index in [9.17, 15) is 4.79 Å². The third-order valence-corrected chi connectivity index (χ3v) is 5.68. The van der Waals surface area contributed by atoms with Gasteiger partial charge in [-0.15, -0.1) is 11.3 Å². The number of hydrogen-bond donors (Lipinski definition) is 1. The van der Waals surface area contributed by atoms with Gasteiger partial charge in [0.05, 0.1) is 23.9 Å².